The van der Waals surface area contributed by atoms with Gasteiger partial charge < -0.3 is 24.5 Å². The Bertz CT molecular complexity index is 1470. The predicted molar refractivity (Wildman–Crippen MR) is 181 cm³/mol. The normalized spacial score (nSPS) is 27.2. The molecule has 3 heterocycles. The Kier molecular flexibility index (Phi) is 9.73. The number of carbonyl (C=O) groups is 3. The quantitative estimate of drug-likeness (QED) is 0.278. The number of thioether (sulfide) groups is 1. The molecule has 1 spiro atoms. The molecule has 2 aromatic carbocycles. The van der Waals surface area contributed by atoms with Gasteiger partial charge in [0.05, 0.1) is 46.5 Å². The average Bonchev–Trinajstić information content (AvgIpc) is 3.60. The van der Waals surface area contributed by atoms with E-state index < -0.39 is 33.4 Å². The summed E-state index contributed by atoms with van der Waals surface area (Å²) in [6, 6.07) is 13.0. The van der Waals surface area contributed by atoms with E-state index in [2.05, 4.69) is 20.1 Å². The number of hydrogen-bond donors (Lipinski definition) is 1. The second kappa shape index (κ2) is 13.2. The molecule has 6 atom stereocenters. The third kappa shape index (κ3) is 5.47. The molecule has 0 saturated carbocycles. The molecule has 1 N–H and O–H groups in total. The molecular formula is C35H42ClN3O5S. The van der Waals surface area contributed by atoms with Gasteiger partial charge in [-0.15, -0.1) is 24.9 Å². The van der Waals surface area contributed by atoms with Gasteiger partial charge in [-0.3, -0.25) is 14.4 Å². The molecule has 3 fully saturated rings. The number of aliphatic hydroxyl groups excluding tert-OH is 1. The Morgan fingerprint density at radius 1 is 1.09 bits per heavy atom. The van der Waals surface area contributed by atoms with E-state index in [0.717, 1.165) is 0 Å². The number of anilines is 2. The number of ether oxygens (including phenoxy) is 1. The monoisotopic (exact) mass is 651 g/mol. The minimum absolute atomic E-state index is 0.173. The van der Waals surface area contributed by atoms with Crippen molar-refractivity contribution in [2.45, 2.75) is 61.6 Å². The minimum atomic E-state index is -0.897. The number of nitrogens with zero attached hydrogens (tertiary/aromatic N) is 3. The van der Waals surface area contributed by atoms with Gasteiger partial charge in [-0.2, -0.15) is 0 Å². The van der Waals surface area contributed by atoms with Crippen LogP contribution in [0.25, 0.3) is 0 Å². The summed E-state index contributed by atoms with van der Waals surface area (Å²) < 4.78 is 4.18. The third-order valence-corrected chi connectivity index (χ3v) is 11.9. The number of halogens is 1. The molecule has 3 saturated heterocycles. The molecule has 3 aliphatic rings. The minimum Gasteiger partial charge on any atom is -0.494 e. The van der Waals surface area contributed by atoms with Crippen LogP contribution in [0, 0.1) is 11.8 Å². The van der Waals surface area contributed by atoms with Crippen molar-refractivity contribution in [1.29, 1.82) is 0 Å². The van der Waals surface area contributed by atoms with Gasteiger partial charge in [0, 0.05) is 23.5 Å². The van der Waals surface area contributed by atoms with E-state index in [-0.39, 0.29) is 37.4 Å². The Hall–Kier alpha value is -3.27. The molecule has 10 heteroatoms. The second-order valence-electron chi connectivity index (χ2n) is 12.1. The number of carbonyl (C=O) groups excluding carboxylic acids is 3. The zero-order valence-electron chi connectivity index (χ0n) is 26.2. The van der Waals surface area contributed by atoms with Crippen molar-refractivity contribution in [3.05, 3.63) is 78.9 Å². The van der Waals surface area contributed by atoms with E-state index in [1.807, 2.05) is 44.2 Å². The van der Waals surface area contributed by atoms with E-state index in [4.69, 9.17) is 16.3 Å². The standard InChI is InChI=1S/C35H42ClN3O5S/c1-6-20-37(24-14-16-25(17-15-24)44-9-4)31(41)28-29-32(42)39(23(8-3)22-40)30(35(29)19-18-34(28,5)45-35)33(43)38(21-7-2)27-13-11-10-12-26(27)36/h6-7,10-17,23,28-30,40H,1-2,8-9,18-22H2,3-5H3/t23-,28+,29-,30?,34-,35?/m0/s1. The first kappa shape index (κ1) is 33.1. The van der Waals surface area contributed by atoms with E-state index in [0.29, 0.717) is 48.0 Å². The molecule has 0 aromatic heterocycles. The summed E-state index contributed by atoms with van der Waals surface area (Å²) in [5.74, 6) is -1.44. The predicted octanol–water partition coefficient (Wildman–Crippen LogP) is 5.73. The van der Waals surface area contributed by atoms with Crippen molar-refractivity contribution < 1.29 is 24.2 Å². The van der Waals surface area contributed by atoms with E-state index in [1.165, 1.54) is 0 Å². The fourth-order valence-corrected chi connectivity index (χ4v) is 10.2. The van der Waals surface area contributed by atoms with Crippen molar-refractivity contribution in [3.8, 4) is 5.75 Å². The lowest BCUT2D eigenvalue weighted by molar-refractivity contribution is -0.142. The molecular weight excluding hydrogens is 610 g/mol. The zero-order chi connectivity index (χ0) is 32.5. The van der Waals surface area contributed by atoms with Gasteiger partial charge in [-0.05, 0) is 69.5 Å². The molecule has 8 nitrogen and oxygen atoms in total. The average molecular weight is 652 g/mol. The highest BCUT2D eigenvalue weighted by Crippen LogP contribution is 2.72. The zero-order valence-corrected chi connectivity index (χ0v) is 27.7. The number of rotatable bonds is 13. The molecule has 2 unspecified atom stereocenters. The lowest BCUT2D eigenvalue weighted by Gasteiger charge is -2.39. The molecule has 45 heavy (non-hydrogen) atoms. The Morgan fingerprint density at radius 3 is 2.36 bits per heavy atom. The van der Waals surface area contributed by atoms with Gasteiger partial charge in [-0.25, -0.2) is 0 Å². The summed E-state index contributed by atoms with van der Waals surface area (Å²) in [6.07, 6.45) is 5.04. The van der Waals surface area contributed by atoms with E-state index in [9.17, 15) is 19.5 Å². The molecule has 5 rings (SSSR count). The molecule has 2 aromatic rings. The number of likely N-dealkylation sites (tertiary alicyclic amines) is 1. The van der Waals surface area contributed by atoms with Crippen LogP contribution in [0.1, 0.15) is 40.0 Å². The Morgan fingerprint density at radius 2 is 1.76 bits per heavy atom. The smallest absolute Gasteiger partial charge is 0.251 e. The van der Waals surface area contributed by atoms with Crippen LogP contribution in [0.15, 0.2) is 73.8 Å². The molecule has 2 bridgehead atoms. The van der Waals surface area contributed by atoms with Crippen molar-refractivity contribution in [3.63, 3.8) is 0 Å². The summed E-state index contributed by atoms with van der Waals surface area (Å²) in [5.41, 5.74) is 1.21. The van der Waals surface area contributed by atoms with Gasteiger partial charge in [0.2, 0.25) is 11.8 Å². The molecule has 0 aliphatic carbocycles. The van der Waals surface area contributed by atoms with E-state index in [1.54, 1.807) is 56.8 Å². The first-order valence-electron chi connectivity index (χ1n) is 15.6. The molecule has 240 valence electrons. The lowest BCUT2D eigenvalue weighted by Crippen LogP contribution is -2.57. The molecule has 3 aliphatic heterocycles. The number of amides is 3. The van der Waals surface area contributed by atoms with Gasteiger partial charge in [-0.1, -0.05) is 42.8 Å². The largest absolute Gasteiger partial charge is 0.494 e. The Labute approximate surface area is 275 Å². The summed E-state index contributed by atoms with van der Waals surface area (Å²) in [6.45, 7) is 14.3. The first-order chi connectivity index (χ1) is 21.6. The van der Waals surface area contributed by atoms with Gasteiger partial charge in [0.1, 0.15) is 11.8 Å². The van der Waals surface area contributed by atoms with Crippen LogP contribution in [-0.4, -0.2) is 75.6 Å². The van der Waals surface area contributed by atoms with Crippen LogP contribution in [-0.2, 0) is 14.4 Å². The van der Waals surface area contributed by atoms with Gasteiger partial charge in [0.25, 0.3) is 5.91 Å². The highest BCUT2D eigenvalue weighted by atomic mass is 35.5. The fraction of sp³-hybridized carbons (Fsp3) is 0.457. The summed E-state index contributed by atoms with van der Waals surface area (Å²) in [4.78, 5) is 49.1. The van der Waals surface area contributed by atoms with Gasteiger partial charge in [0.15, 0.2) is 0 Å². The van der Waals surface area contributed by atoms with Crippen molar-refractivity contribution in [2.75, 3.05) is 36.1 Å². The van der Waals surface area contributed by atoms with Crippen molar-refractivity contribution in [2.24, 2.45) is 11.8 Å². The first-order valence-corrected chi connectivity index (χ1v) is 16.8. The highest BCUT2D eigenvalue weighted by molar-refractivity contribution is 8.02. The third-order valence-electron chi connectivity index (χ3n) is 9.55. The van der Waals surface area contributed by atoms with Crippen LogP contribution in [0.4, 0.5) is 11.4 Å². The number of hydrogen-bond acceptors (Lipinski definition) is 6. The summed E-state index contributed by atoms with van der Waals surface area (Å²) >= 11 is 8.19. The van der Waals surface area contributed by atoms with Crippen LogP contribution in [0.3, 0.4) is 0 Å². The fourth-order valence-electron chi connectivity index (χ4n) is 7.59. The summed E-state index contributed by atoms with van der Waals surface area (Å²) in [7, 11) is 0. The van der Waals surface area contributed by atoms with E-state index >= 15 is 0 Å². The van der Waals surface area contributed by atoms with Crippen LogP contribution in [0.5, 0.6) is 5.75 Å². The second-order valence-corrected chi connectivity index (χ2v) is 14.4. The van der Waals surface area contributed by atoms with Crippen LogP contribution >= 0.6 is 23.4 Å². The maximum Gasteiger partial charge on any atom is 0.251 e. The van der Waals surface area contributed by atoms with Gasteiger partial charge >= 0.3 is 0 Å². The highest BCUT2D eigenvalue weighted by Gasteiger charge is 2.78. The SMILES string of the molecule is C=CCN(C(=O)[C@H]1[C@H]2C(=O)N([C@@H](CC)CO)C(C(=O)N(CC=C)c3ccccc3Cl)C23CC[C@]1(C)S3)c1ccc(OCC)cc1. The maximum atomic E-state index is 14.8. The number of fused-ring (bicyclic) bond motifs is 1. The maximum absolute atomic E-state index is 14.8. The number of benzene rings is 2. The molecule has 0 radical (unpaired) electrons. The number of aliphatic hydroxyl groups is 1. The Balaban J connectivity index is 1.60. The number of para-hydroxylation sites is 1. The molecule has 3 amide bonds. The van der Waals surface area contributed by atoms with Crippen LogP contribution in [0.2, 0.25) is 5.02 Å². The lowest BCUT2D eigenvalue weighted by atomic mass is 9.66. The van der Waals surface area contributed by atoms with Crippen LogP contribution < -0.4 is 14.5 Å². The topological polar surface area (TPSA) is 90.4 Å². The van der Waals surface area contributed by atoms with Crippen molar-refractivity contribution >= 4 is 52.5 Å². The summed E-state index contributed by atoms with van der Waals surface area (Å²) in [5, 5.41) is 10.9. The van der Waals surface area contributed by atoms with Crippen molar-refractivity contribution in [1.82, 2.24) is 4.90 Å².